The van der Waals surface area contributed by atoms with E-state index in [0.29, 0.717) is 12.4 Å². The van der Waals surface area contributed by atoms with Crippen molar-refractivity contribution in [3.8, 4) is 5.75 Å². The molecule has 1 aliphatic rings. The second-order valence-electron chi connectivity index (χ2n) is 7.13. The van der Waals surface area contributed by atoms with E-state index in [1.165, 1.54) is 12.1 Å². The maximum Gasteiger partial charge on any atom is 0.324 e. The predicted octanol–water partition coefficient (Wildman–Crippen LogP) is 4.87. The van der Waals surface area contributed by atoms with E-state index in [1.807, 2.05) is 40.1 Å². The maximum absolute atomic E-state index is 12.9. The Morgan fingerprint density at radius 3 is 2.55 bits per heavy atom. The van der Waals surface area contributed by atoms with Crippen molar-refractivity contribution < 1.29 is 14.5 Å². The molecule has 0 N–H and O–H groups in total. The van der Waals surface area contributed by atoms with Gasteiger partial charge in [0.05, 0.1) is 17.6 Å². The minimum atomic E-state index is -0.427. The molecule has 7 heteroatoms. The quantitative estimate of drug-likeness (QED) is 0.344. The molecule has 0 aromatic heterocycles. The molecule has 2 aromatic rings. The lowest BCUT2D eigenvalue weighted by Crippen LogP contribution is -2.42. The monoisotopic (exact) mass is 397 g/mol. The first-order chi connectivity index (χ1) is 14.1. The fourth-order valence-electron chi connectivity index (χ4n) is 3.45. The van der Waals surface area contributed by atoms with Crippen molar-refractivity contribution in [2.75, 3.05) is 31.1 Å². The third-order valence-corrected chi connectivity index (χ3v) is 5.00. The number of ether oxygens (including phenoxy) is 1. The lowest BCUT2D eigenvalue weighted by Gasteiger charge is -2.27. The van der Waals surface area contributed by atoms with Gasteiger partial charge in [-0.25, -0.2) is 4.79 Å². The van der Waals surface area contributed by atoms with Crippen LogP contribution in [0.4, 0.5) is 16.2 Å². The van der Waals surface area contributed by atoms with Crippen LogP contribution in [-0.2, 0) is 0 Å². The molecular formula is C22H27N3O4. The van der Waals surface area contributed by atoms with Crippen LogP contribution in [0.5, 0.6) is 5.75 Å². The van der Waals surface area contributed by atoms with E-state index in [1.54, 1.807) is 12.1 Å². The van der Waals surface area contributed by atoms with E-state index in [-0.39, 0.29) is 11.7 Å². The van der Waals surface area contributed by atoms with Crippen LogP contribution in [0.15, 0.2) is 54.6 Å². The summed E-state index contributed by atoms with van der Waals surface area (Å²) in [6.45, 7) is 2.80. The van der Waals surface area contributed by atoms with Crippen LogP contribution in [0.25, 0.3) is 0 Å². The Labute approximate surface area is 171 Å². The first-order valence-electron chi connectivity index (χ1n) is 10.1. The van der Waals surface area contributed by atoms with Gasteiger partial charge >= 0.3 is 6.03 Å². The van der Waals surface area contributed by atoms with Gasteiger partial charge in [-0.3, -0.25) is 15.0 Å². The molecule has 0 aliphatic carbocycles. The minimum Gasteiger partial charge on any atom is -0.493 e. The van der Waals surface area contributed by atoms with E-state index in [0.717, 1.165) is 57.4 Å². The Morgan fingerprint density at radius 1 is 0.966 bits per heavy atom. The Morgan fingerprint density at radius 2 is 1.76 bits per heavy atom. The normalized spacial score (nSPS) is 14.6. The number of hydrogen-bond donors (Lipinski definition) is 0. The van der Waals surface area contributed by atoms with E-state index in [9.17, 15) is 14.9 Å². The number of nitro benzene ring substituents is 1. The zero-order valence-corrected chi connectivity index (χ0v) is 16.5. The number of unbranched alkanes of at least 4 members (excludes halogenated alkanes) is 2. The SMILES string of the molecule is O=C1N(CCCCCOc2cccc([N+](=O)[O-])c2)CCCCN1c1ccccc1. The molecule has 0 spiro atoms. The number of nitrogens with zero attached hydrogens (tertiary/aromatic N) is 3. The van der Waals surface area contributed by atoms with Crippen LogP contribution >= 0.6 is 0 Å². The standard InChI is InChI=1S/C22H27N3O4/c26-22-23(15-6-7-16-24(22)19-10-3-1-4-11-19)14-5-2-8-17-29-21-13-9-12-20(18-21)25(27)28/h1,3-4,9-13,18H,2,5-8,14-17H2. The van der Waals surface area contributed by atoms with Gasteiger partial charge in [0.25, 0.3) is 5.69 Å². The summed E-state index contributed by atoms with van der Waals surface area (Å²) in [6, 6.07) is 16.1. The van der Waals surface area contributed by atoms with Crippen LogP contribution < -0.4 is 9.64 Å². The number of urea groups is 1. The number of rotatable bonds is 9. The van der Waals surface area contributed by atoms with Crippen molar-refractivity contribution in [3.05, 3.63) is 64.7 Å². The topological polar surface area (TPSA) is 75.9 Å². The fraction of sp³-hybridized carbons (Fsp3) is 0.409. The van der Waals surface area contributed by atoms with Crippen molar-refractivity contribution in [1.82, 2.24) is 4.90 Å². The fourth-order valence-corrected chi connectivity index (χ4v) is 3.45. The number of carbonyl (C=O) groups excluding carboxylic acids is 1. The summed E-state index contributed by atoms with van der Waals surface area (Å²) < 4.78 is 5.61. The molecule has 154 valence electrons. The summed E-state index contributed by atoms with van der Waals surface area (Å²) in [4.78, 5) is 27.1. The summed E-state index contributed by atoms with van der Waals surface area (Å²) in [5, 5.41) is 10.8. The van der Waals surface area contributed by atoms with Crippen LogP contribution in [0, 0.1) is 10.1 Å². The lowest BCUT2D eigenvalue weighted by atomic mass is 10.2. The molecule has 1 aliphatic heterocycles. The molecule has 0 atom stereocenters. The third-order valence-electron chi connectivity index (χ3n) is 5.00. The smallest absolute Gasteiger partial charge is 0.324 e. The van der Waals surface area contributed by atoms with E-state index in [2.05, 4.69) is 0 Å². The first-order valence-corrected chi connectivity index (χ1v) is 10.1. The molecule has 2 aromatic carbocycles. The summed E-state index contributed by atoms with van der Waals surface area (Å²) in [5.41, 5.74) is 0.986. The first kappa shape index (κ1) is 20.6. The van der Waals surface area contributed by atoms with E-state index >= 15 is 0 Å². The number of benzene rings is 2. The highest BCUT2D eigenvalue weighted by Crippen LogP contribution is 2.21. The van der Waals surface area contributed by atoms with E-state index < -0.39 is 4.92 Å². The van der Waals surface area contributed by atoms with Crippen molar-refractivity contribution in [3.63, 3.8) is 0 Å². The van der Waals surface area contributed by atoms with Gasteiger partial charge < -0.3 is 9.64 Å². The summed E-state index contributed by atoms with van der Waals surface area (Å²) >= 11 is 0. The van der Waals surface area contributed by atoms with Crippen molar-refractivity contribution in [1.29, 1.82) is 0 Å². The van der Waals surface area contributed by atoms with Gasteiger partial charge in [0.1, 0.15) is 5.75 Å². The van der Waals surface area contributed by atoms with Crippen LogP contribution in [0.3, 0.4) is 0 Å². The number of non-ortho nitro benzene ring substituents is 1. The molecule has 2 amide bonds. The molecule has 0 bridgehead atoms. The van der Waals surface area contributed by atoms with Crippen LogP contribution in [0.2, 0.25) is 0 Å². The second kappa shape index (κ2) is 10.5. The Kier molecular flexibility index (Phi) is 7.44. The zero-order chi connectivity index (χ0) is 20.5. The molecule has 3 rings (SSSR count). The summed E-state index contributed by atoms with van der Waals surface area (Å²) in [7, 11) is 0. The predicted molar refractivity (Wildman–Crippen MR) is 112 cm³/mol. The lowest BCUT2D eigenvalue weighted by molar-refractivity contribution is -0.384. The van der Waals surface area contributed by atoms with Gasteiger partial charge in [-0.2, -0.15) is 0 Å². The second-order valence-corrected chi connectivity index (χ2v) is 7.13. The third kappa shape index (κ3) is 5.94. The number of anilines is 1. The van der Waals surface area contributed by atoms with Gasteiger partial charge in [-0.05, 0) is 50.3 Å². The van der Waals surface area contributed by atoms with Crippen molar-refractivity contribution in [2.24, 2.45) is 0 Å². The molecule has 29 heavy (non-hydrogen) atoms. The molecule has 0 saturated carbocycles. The average molecular weight is 397 g/mol. The number of nitro groups is 1. The number of hydrogen-bond acceptors (Lipinski definition) is 4. The van der Waals surface area contributed by atoms with Gasteiger partial charge in [0.15, 0.2) is 0 Å². The minimum absolute atomic E-state index is 0.0325. The molecule has 0 radical (unpaired) electrons. The summed E-state index contributed by atoms with van der Waals surface area (Å²) in [6.07, 6.45) is 4.71. The van der Waals surface area contributed by atoms with Crippen molar-refractivity contribution >= 4 is 17.4 Å². The zero-order valence-electron chi connectivity index (χ0n) is 16.5. The number of amides is 2. The van der Waals surface area contributed by atoms with Gasteiger partial charge in [0, 0.05) is 31.4 Å². The summed E-state index contributed by atoms with van der Waals surface area (Å²) in [5.74, 6) is 0.514. The number of carbonyl (C=O) groups is 1. The van der Waals surface area contributed by atoms with E-state index in [4.69, 9.17) is 4.74 Å². The van der Waals surface area contributed by atoms with Gasteiger partial charge in [0.2, 0.25) is 0 Å². The largest absolute Gasteiger partial charge is 0.493 e. The van der Waals surface area contributed by atoms with Crippen LogP contribution in [0.1, 0.15) is 32.1 Å². The molecule has 1 fully saturated rings. The Bertz CT molecular complexity index is 813. The van der Waals surface area contributed by atoms with Gasteiger partial charge in [-0.15, -0.1) is 0 Å². The average Bonchev–Trinajstić information content (AvgIpc) is 2.93. The maximum atomic E-state index is 12.9. The highest BCUT2D eigenvalue weighted by molar-refractivity contribution is 5.92. The number of para-hydroxylation sites is 1. The van der Waals surface area contributed by atoms with Crippen molar-refractivity contribution in [2.45, 2.75) is 32.1 Å². The van der Waals surface area contributed by atoms with Gasteiger partial charge in [-0.1, -0.05) is 24.3 Å². The molecule has 0 unspecified atom stereocenters. The Hall–Kier alpha value is -3.09. The highest BCUT2D eigenvalue weighted by Gasteiger charge is 2.24. The van der Waals surface area contributed by atoms with Crippen LogP contribution in [-0.4, -0.2) is 42.1 Å². The molecular weight excluding hydrogens is 370 g/mol. The Balaban J connectivity index is 1.41. The molecule has 7 nitrogen and oxygen atoms in total. The highest BCUT2D eigenvalue weighted by atomic mass is 16.6. The molecule has 1 saturated heterocycles. The molecule has 1 heterocycles.